The van der Waals surface area contributed by atoms with Gasteiger partial charge in [0.05, 0.1) is 17.9 Å². The van der Waals surface area contributed by atoms with Gasteiger partial charge in [0.1, 0.15) is 11.6 Å². The van der Waals surface area contributed by atoms with Gasteiger partial charge in [0, 0.05) is 6.07 Å². The van der Waals surface area contributed by atoms with Crippen molar-refractivity contribution in [2.45, 2.75) is 27.2 Å². The molecule has 0 spiro atoms. The first-order valence-corrected chi connectivity index (χ1v) is 5.62. The smallest absolute Gasteiger partial charge is 0.341 e. The second-order valence-corrected chi connectivity index (χ2v) is 5.30. The topological polar surface area (TPSA) is 52.3 Å². The molecule has 0 bridgehead atoms. The average molecular weight is 257 g/mol. The second kappa shape index (κ2) is 5.33. The van der Waals surface area contributed by atoms with Crippen molar-refractivity contribution in [3.8, 4) is 0 Å². The molecule has 1 rings (SSSR count). The Labute approximate surface area is 105 Å². The summed E-state index contributed by atoms with van der Waals surface area (Å²) in [5.74, 6) is -2.59. The molecule has 0 aliphatic carbocycles. The zero-order valence-corrected chi connectivity index (χ0v) is 10.7. The molecule has 0 amide bonds. The van der Waals surface area contributed by atoms with Gasteiger partial charge in [-0.25, -0.2) is 13.6 Å². The van der Waals surface area contributed by atoms with Crippen LogP contribution in [0.2, 0.25) is 0 Å². The van der Waals surface area contributed by atoms with Crippen molar-refractivity contribution in [2.24, 2.45) is 5.41 Å². The Morgan fingerprint density at radius 2 is 1.89 bits per heavy atom. The van der Waals surface area contributed by atoms with E-state index in [-0.39, 0.29) is 17.7 Å². The van der Waals surface area contributed by atoms with Crippen LogP contribution in [0.15, 0.2) is 12.1 Å². The molecular formula is C13H17F2NO2. The molecule has 18 heavy (non-hydrogen) atoms. The molecule has 0 saturated carbocycles. The van der Waals surface area contributed by atoms with Gasteiger partial charge in [0.25, 0.3) is 0 Å². The van der Waals surface area contributed by atoms with Crippen LogP contribution in [0.5, 0.6) is 0 Å². The van der Waals surface area contributed by atoms with Crippen molar-refractivity contribution < 1.29 is 18.3 Å². The Morgan fingerprint density at radius 3 is 2.44 bits per heavy atom. The summed E-state index contributed by atoms with van der Waals surface area (Å²) in [7, 11) is 0. The van der Waals surface area contributed by atoms with E-state index < -0.39 is 23.2 Å². The van der Waals surface area contributed by atoms with Crippen LogP contribution in [0, 0.1) is 17.0 Å². The van der Waals surface area contributed by atoms with Gasteiger partial charge < -0.3 is 10.5 Å². The maximum absolute atomic E-state index is 13.4. The minimum absolute atomic E-state index is 0.00515. The molecule has 0 fully saturated rings. The third kappa shape index (κ3) is 3.98. The van der Waals surface area contributed by atoms with Crippen molar-refractivity contribution in [1.29, 1.82) is 0 Å². The first-order valence-electron chi connectivity index (χ1n) is 5.62. The lowest BCUT2D eigenvalue weighted by Crippen LogP contribution is -2.14. The molecule has 0 heterocycles. The Hall–Kier alpha value is -1.65. The van der Waals surface area contributed by atoms with Crippen LogP contribution in [-0.2, 0) is 4.74 Å². The average Bonchev–Trinajstić information content (AvgIpc) is 2.21. The maximum Gasteiger partial charge on any atom is 0.341 e. The minimum Gasteiger partial charge on any atom is -0.462 e. The van der Waals surface area contributed by atoms with Crippen molar-refractivity contribution >= 4 is 11.7 Å². The van der Waals surface area contributed by atoms with Gasteiger partial charge in [-0.1, -0.05) is 20.8 Å². The summed E-state index contributed by atoms with van der Waals surface area (Å²) in [6.45, 7) is 6.13. The summed E-state index contributed by atoms with van der Waals surface area (Å²) in [5, 5.41) is 0. The number of anilines is 1. The third-order valence-electron chi connectivity index (χ3n) is 2.39. The highest BCUT2D eigenvalue weighted by Gasteiger charge is 2.17. The largest absolute Gasteiger partial charge is 0.462 e. The van der Waals surface area contributed by atoms with Crippen LogP contribution in [0.3, 0.4) is 0 Å². The fourth-order valence-electron chi connectivity index (χ4n) is 1.25. The van der Waals surface area contributed by atoms with Crippen molar-refractivity contribution in [1.82, 2.24) is 0 Å². The normalized spacial score (nSPS) is 11.4. The summed E-state index contributed by atoms with van der Waals surface area (Å²) >= 11 is 0. The maximum atomic E-state index is 13.4. The van der Waals surface area contributed by atoms with Crippen molar-refractivity contribution in [2.75, 3.05) is 12.3 Å². The minimum atomic E-state index is -0.880. The van der Waals surface area contributed by atoms with E-state index in [1.807, 2.05) is 20.8 Å². The van der Waals surface area contributed by atoms with Crippen molar-refractivity contribution in [3.05, 3.63) is 29.3 Å². The molecule has 1 aromatic rings. The summed E-state index contributed by atoms with van der Waals surface area (Å²) in [6.07, 6.45) is 0.637. The first kappa shape index (κ1) is 14.4. The first-order chi connectivity index (χ1) is 8.20. The molecule has 100 valence electrons. The lowest BCUT2D eigenvalue weighted by Gasteiger charge is -2.17. The van der Waals surface area contributed by atoms with Crippen LogP contribution in [0.1, 0.15) is 37.6 Å². The number of esters is 1. The molecule has 0 aliphatic heterocycles. The SMILES string of the molecule is CC(C)(C)CCOC(=O)c1cc(F)c(N)cc1F. The molecule has 0 radical (unpaired) electrons. The zero-order valence-electron chi connectivity index (χ0n) is 10.7. The van der Waals surface area contributed by atoms with Gasteiger partial charge in [0.15, 0.2) is 0 Å². The van der Waals surface area contributed by atoms with E-state index in [1.54, 1.807) is 0 Å². The predicted molar refractivity (Wildman–Crippen MR) is 65.1 cm³/mol. The highest BCUT2D eigenvalue weighted by Crippen LogP contribution is 2.20. The van der Waals surface area contributed by atoms with E-state index in [0.717, 1.165) is 12.1 Å². The Balaban J connectivity index is 2.70. The number of rotatable bonds is 3. The quantitative estimate of drug-likeness (QED) is 0.668. The van der Waals surface area contributed by atoms with E-state index in [4.69, 9.17) is 10.5 Å². The van der Waals surface area contributed by atoms with E-state index in [9.17, 15) is 13.6 Å². The zero-order chi connectivity index (χ0) is 13.9. The summed E-state index contributed by atoms with van der Waals surface area (Å²) in [5.41, 5.74) is 4.42. The molecule has 3 nitrogen and oxygen atoms in total. The molecule has 1 aromatic carbocycles. The lowest BCUT2D eigenvalue weighted by atomic mass is 9.93. The van der Waals surface area contributed by atoms with Crippen LogP contribution in [-0.4, -0.2) is 12.6 Å². The van der Waals surface area contributed by atoms with E-state index in [2.05, 4.69) is 0 Å². The molecular weight excluding hydrogens is 240 g/mol. The lowest BCUT2D eigenvalue weighted by molar-refractivity contribution is 0.0459. The predicted octanol–water partition coefficient (Wildman–Crippen LogP) is 3.14. The van der Waals surface area contributed by atoms with Crippen LogP contribution < -0.4 is 5.73 Å². The molecule has 0 atom stereocenters. The van der Waals surface area contributed by atoms with Crippen molar-refractivity contribution in [3.63, 3.8) is 0 Å². The number of ether oxygens (including phenoxy) is 1. The van der Waals surface area contributed by atoms with Gasteiger partial charge in [-0.3, -0.25) is 0 Å². The van der Waals surface area contributed by atoms with Gasteiger partial charge >= 0.3 is 5.97 Å². The highest BCUT2D eigenvalue weighted by atomic mass is 19.1. The van der Waals surface area contributed by atoms with E-state index >= 15 is 0 Å². The number of hydrogen-bond acceptors (Lipinski definition) is 3. The molecule has 0 aromatic heterocycles. The van der Waals surface area contributed by atoms with Gasteiger partial charge in [-0.2, -0.15) is 0 Å². The van der Waals surface area contributed by atoms with Gasteiger partial charge in [0.2, 0.25) is 0 Å². The molecule has 2 N–H and O–H groups in total. The summed E-state index contributed by atoms with van der Waals surface area (Å²) in [4.78, 5) is 11.5. The Morgan fingerprint density at radius 1 is 1.28 bits per heavy atom. The van der Waals surface area contributed by atoms with E-state index in [0.29, 0.717) is 6.42 Å². The number of hydrogen-bond donors (Lipinski definition) is 1. The standard InChI is InChI=1S/C13H17F2NO2/c1-13(2,3)4-5-18-12(17)8-6-10(15)11(16)7-9(8)14/h6-7H,4-5,16H2,1-3H3. The molecule has 0 aliphatic rings. The number of halogens is 2. The Kier molecular flexibility index (Phi) is 4.27. The van der Waals surface area contributed by atoms with E-state index in [1.165, 1.54) is 0 Å². The molecule has 5 heteroatoms. The van der Waals surface area contributed by atoms with Crippen LogP contribution >= 0.6 is 0 Å². The fraction of sp³-hybridized carbons (Fsp3) is 0.462. The van der Waals surface area contributed by atoms with Gasteiger partial charge in [-0.05, 0) is 17.9 Å². The number of nitrogen functional groups attached to an aromatic ring is 1. The summed E-state index contributed by atoms with van der Waals surface area (Å²) < 4.78 is 31.4. The summed E-state index contributed by atoms with van der Waals surface area (Å²) in [6, 6.07) is 1.53. The number of benzene rings is 1. The fourth-order valence-corrected chi connectivity index (χ4v) is 1.25. The second-order valence-electron chi connectivity index (χ2n) is 5.30. The van der Waals surface area contributed by atoms with Gasteiger partial charge in [-0.15, -0.1) is 0 Å². The monoisotopic (exact) mass is 257 g/mol. The van der Waals surface area contributed by atoms with Crippen LogP contribution in [0.4, 0.5) is 14.5 Å². The number of carbonyl (C=O) groups is 1. The Bertz CT molecular complexity index is 453. The third-order valence-corrected chi connectivity index (χ3v) is 2.39. The number of nitrogens with two attached hydrogens (primary N) is 1. The highest BCUT2D eigenvalue weighted by molar-refractivity contribution is 5.90. The molecule has 0 saturated heterocycles. The van der Waals surface area contributed by atoms with Crippen LogP contribution in [0.25, 0.3) is 0 Å². The molecule has 0 unspecified atom stereocenters. The number of carbonyl (C=O) groups excluding carboxylic acids is 1.